The summed E-state index contributed by atoms with van der Waals surface area (Å²) in [6.07, 6.45) is 2.76. The molecular formula is C31H28ClN5O2. The van der Waals surface area contributed by atoms with Crippen molar-refractivity contribution in [1.82, 2.24) is 19.2 Å². The molecule has 3 heterocycles. The molecule has 7 nitrogen and oxygen atoms in total. The maximum absolute atomic E-state index is 14.1. The Morgan fingerprint density at radius 3 is 2.59 bits per heavy atom. The molecule has 8 heteroatoms. The summed E-state index contributed by atoms with van der Waals surface area (Å²) in [5.41, 5.74) is 5.33. The minimum atomic E-state index is -0.404. The number of anilines is 1. The van der Waals surface area contributed by atoms with Gasteiger partial charge >= 0.3 is 6.03 Å². The fraction of sp³-hybridized carbons (Fsp3) is 0.161. The molecule has 0 spiro atoms. The number of carbonyl (C=O) groups is 1. The lowest BCUT2D eigenvalue weighted by molar-refractivity contribution is 0.194. The van der Waals surface area contributed by atoms with E-state index in [1.807, 2.05) is 88.6 Å². The topological polar surface area (TPSA) is 64.3 Å². The number of hydrogen-bond donors (Lipinski definition) is 1. The van der Waals surface area contributed by atoms with Gasteiger partial charge in [0.25, 0.3) is 0 Å². The van der Waals surface area contributed by atoms with Crippen molar-refractivity contribution in [2.24, 2.45) is 0 Å². The smallest absolute Gasteiger partial charge is 0.323 e. The fourth-order valence-corrected chi connectivity index (χ4v) is 5.44. The zero-order valence-electron chi connectivity index (χ0n) is 21.7. The highest BCUT2D eigenvalue weighted by molar-refractivity contribution is 6.33. The number of aryl methyl sites for hydroxylation is 1. The van der Waals surface area contributed by atoms with Gasteiger partial charge in [0.2, 0.25) is 0 Å². The Morgan fingerprint density at radius 1 is 1.03 bits per heavy atom. The standard InChI is InChI=1S/C31H28ClN5O2/c1-3-26-24-20-36(31(38)33-27-16-8-7-15-25(27)32)29(21-11-9-14-23(19-21)39-2)28-17-10-18-35(28)30(24)37(34-26)22-12-5-4-6-13-22/h4-19,29H,3,20H2,1-2H3,(H,33,38). The number of hydrogen-bond acceptors (Lipinski definition) is 3. The Balaban J connectivity index is 1.56. The molecule has 0 saturated heterocycles. The van der Waals surface area contributed by atoms with Crippen molar-refractivity contribution in [2.75, 3.05) is 12.4 Å². The number of carbonyl (C=O) groups excluding carboxylic acids is 1. The molecule has 39 heavy (non-hydrogen) atoms. The van der Waals surface area contributed by atoms with Crippen molar-refractivity contribution in [3.63, 3.8) is 0 Å². The minimum Gasteiger partial charge on any atom is -0.497 e. The van der Waals surface area contributed by atoms with Gasteiger partial charge in [-0.2, -0.15) is 5.10 Å². The van der Waals surface area contributed by atoms with Crippen LogP contribution in [0.2, 0.25) is 5.02 Å². The van der Waals surface area contributed by atoms with Crippen molar-refractivity contribution in [1.29, 1.82) is 0 Å². The van der Waals surface area contributed by atoms with Gasteiger partial charge < -0.3 is 19.5 Å². The number of nitrogens with zero attached hydrogens (tertiary/aromatic N) is 4. The quantitative estimate of drug-likeness (QED) is 0.262. The van der Waals surface area contributed by atoms with Crippen molar-refractivity contribution < 1.29 is 9.53 Å². The van der Waals surface area contributed by atoms with E-state index in [1.165, 1.54) is 0 Å². The summed E-state index contributed by atoms with van der Waals surface area (Å²) in [6, 6.07) is 28.6. The summed E-state index contributed by atoms with van der Waals surface area (Å²) in [4.78, 5) is 16.0. The third-order valence-corrected chi connectivity index (χ3v) is 7.42. The van der Waals surface area contributed by atoms with Crippen LogP contribution in [0.3, 0.4) is 0 Å². The normalized spacial score (nSPS) is 14.3. The molecule has 1 N–H and O–H groups in total. The molecule has 0 aliphatic carbocycles. The van der Waals surface area contributed by atoms with E-state index in [-0.39, 0.29) is 6.03 Å². The van der Waals surface area contributed by atoms with Gasteiger partial charge in [-0.25, -0.2) is 9.48 Å². The number of aromatic nitrogens is 3. The highest BCUT2D eigenvalue weighted by Crippen LogP contribution is 2.40. The predicted octanol–water partition coefficient (Wildman–Crippen LogP) is 7.02. The second kappa shape index (κ2) is 10.3. The van der Waals surface area contributed by atoms with E-state index in [0.717, 1.165) is 46.2 Å². The van der Waals surface area contributed by atoms with Crippen molar-refractivity contribution >= 4 is 23.3 Å². The Morgan fingerprint density at radius 2 is 1.82 bits per heavy atom. The van der Waals surface area contributed by atoms with E-state index >= 15 is 0 Å². The van der Waals surface area contributed by atoms with Gasteiger partial charge in [-0.3, -0.25) is 0 Å². The highest BCUT2D eigenvalue weighted by atomic mass is 35.5. The molecule has 1 aliphatic rings. The number of halogens is 1. The summed E-state index contributed by atoms with van der Waals surface area (Å²) >= 11 is 6.43. The average molecular weight is 538 g/mol. The number of benzene rings is 3. The van der Waals surface area contributed by atoms with E-state index in [4.69, 9.17) is 21.4 Å². The van der Waals surface area contributed by atoms with Crippen LogP contribution >= 0.6 is 11.6 Å². The van der Waals surface area contributed by atoms with Crippen LogP contribution in [0, 0.1) is 0 Å². The number of urea groups is 1. The molecule has 2 aromatic heterocycles. The van der Waals surface area contributed by atoms with E-state index in [0.29, 0.717) is 17.3 Å². The minimum absolute atomic E-state index is 0.258. The van der Waals surface area contributed by atoms with Crippen LogP contribution in [-0.2, 0) is 13.0 Å². The number of rotatable bonds is 5. The second-order valence-corrected chi connectivity index (χ2v) is 9.78. The molecule has 0 bridgehead atoms. The number of methoxy groups -OCH3 is 1. The number of fused-ring (bicyclic) bond motifs is 3. The predicted molar refractivity (Wildman–Crippen MR) is 153 cm³/mol. The average Bonchev–Trinajstić information content (AvgIpc) is 3.55. The molecule has 5 aromatic rings. The van der Waals surface area contributed by atoms with E-state index < -0.39 is 6.04 Å². The van der Waals surface area contributed by atoms with E-state index in [2.05, 4.69) is 22.9 Å². The molecule has 3 aromatic carbocycles. The van der Waals surface area contributed by atoms with Crippen LogP contribution in [0.15, 0.2) is 97.2 Å². The molecule has 0 fully saturated rings. The first-order chi connectivity index (χ1) is 19.1. The van der Waals surface area contributed by atoms with Crippen LogP contribution in [0.25, 0.3) is 11.5 Å². The summed E-state index contributed by atoms with van der Waals surface area (Å²) in [5, 5.41) is 8.55. The zero-order chi connectivity index (χ0) is 26.9. The number of ether oxygens (including phenoxy) is 1. The van der Waals surface area contributed by atoms with Crippen LogP contribution < -0.4 is 10.1 Å². The van der Waals surface area contributed by atoms with Gasteiger partial charge in [0.1, 0.15) is 11.6 Å². The third-order valence-electron chi connectivity index (χ3n) is 7.09. The summed E-state index contributed by atoms with van der Waals surface area (Å²) < 4.78 is 9.69. The number of para-hydroxylation sites is 2. The lowest BCUT2D eigenvalue weighted by Gasteiger charge is -2.31. The van der Waals surface area contributed by atoms with Gasteiger partial charge in [-0.15, -0.1) is 0 Å². The second-order valence-electron chi connectivity index (χ2n) is 9.37. The highest BCUT2D eigenvalue weighted by Gasteiger charge is 2.36. The Bertz CT molecular complexity index is 1640. The SMILES string of the molecule is CCc1nn(-c2ccccc2)c2c1CN(C(=O)Nc1ccccc1Cl)C(c1cccc(OC)c1)c1cccn1-2. The Hall–Kier alpha value is -4.49. The van der Waals surface area contributed by atoms with Crippen LogP contribution in [-0.4, -0.2) is 32.4 Å². The van der Waals surface area contributed by atoms with Gasteiger partial charge in [-0.05, 0) is 60.5 Å². The fourth-order valence-electron chi connectivity index (χ4n) is 5.26. The van der Waals surface area contributed by atoms with E-state index in [9.17, 15) is 4.79 Å². The molecule has 1 aliphatic heterocycles. The first-order valence-electron chi connectivity index (χ1n) is 12.9. The third kappa shape index (κ3) is 4.45. The number of amides is 2. The summed E-state index contributed by atoms with van der Waals surface area (Å²) in [7, 11) is 1.65. The van der Waals surface area contributed by atoms with Crippen molar-refractivity contribution in [2.45, 2.75) is 25.9 Å². The van der Waals surface area contributed by atoms with Gasteiger partial charge in [0, 0.05) is 11.8 Å². The summed E-state index contributed by atoms with van der Waals surface area (Å²) in [5.74, 6) is 1.66. The molecular weight excluding hydrogens is 510 g/mol. The molecule has 196 valence electrons. The van der Waals surface area contributed by atoms with Gasteiger partial charge in [-0.1, -0.05) is 61.0 Å². The molecule has 1 unspecified atom stereocenters. The molecule has 0 saturated carbocycles. The van der Waals surface area contributed by atoms with E-state index in [1.54, 1.807) is 19.2 Å². The monoisotopic (exact) mass is 537 g/mol. The van der Waals surface area contributed by atoms with Crippen LogP contribution in [0.1, 0.15) is 35.5 Å². The maximum atomic E-state index is 14.1. The Kier molecular flexibility index (Phi) is 6.59. The van der Waals surface area contributed by atoms with Gasteiger partial charge in [0.05, 0.1) is 47.5 Å². The lowest BCUT2D eigenvalue weighted by atomic mass is 10.0. The van der Waals surface area contributed by atoms with Gasteiger partial charge in [0.15, 0.2) is 0 Å². The molecule has 2 amide bonds. The molecule has 0 radical (unpaired) electrons. The van der Waals surface area contributed by atoms with Crippen LogP contribution in [0.4, 0.5) is 10.5 Å². The zero-order valence-corrected chi connectivity index (χ0v) is 22.5. The number of nitrogens with one attached hydrogen (secondary N) is 1. The molecule has 1 atom stereocenters. The Labute approximate surface area is 232 Å². The first kappa shape index (κ1) is 24.8. The lowest BCUT2D eigenvalue weighted by Crippen LogP contribution is -2.38. The summed E-state index contributed by atoms with van der Waals surface area (Å²) in [6.45, 7) is 2.44. The first-order valence-corrected chi connectivity index (χ1v) is 13.3. The van der Waals surface area contributed by atoms with Crippen molar-refractivity contribution in [3.8, 4) is 17.3 Å². The van der Waals surface area contributed by atoms with Crippen LogP contribution in [0.5, 0.6) is 5.75 Å². The largest absolute Gasteiger partial charge is 0.497 e. The van der Waals surface area contributed by atoms with Crippen molar-refractivity contribution in [3.05, 3.63) is 125 Å². The molecule has 6 rings (SSSR count). The maximum Gasteiger partial charge on any atom is 0.323 e.